The Balaban J connectivity index is 2.15. The number of anilines is 1. The van der Waals surface area contributed by atoms with E-state index >= 15 is 0 Å². The summed E-state index contributed by atoms with van der Waals surface area (Å²) in [5.41, 5.74) is 3.16. The van der Waals surface area contributed by atoms with E-state index in [2.05, 4.69) is 27.4 Å². The molecule has 30 heavy (non-hydrogen) atoms. The van der Waals surface area contributed by atoms with Gasteiger partial charge in [0.05, 0.1) is 25.0 Å². The van der Waals surface area contributed by atoms with Crippen molar-refractivity contribution in [1.82, 2.24) is 0 Å². The minimum Gasteiger partial charge on any atom is -0.493 e. The van der Waals surface area contributed by atoms with Crippen LogP contribution in [-0.4, -0.2) is 20.1 Å². The smallest absolute Gasteiger partial charge is 0.493 e. The molecular weight excluding hydrogens is 401 g/mol. The fraction of sp³-hybridized carbons (Fsp3) is 0.350. The summed E-state index contributed by atoms with van der Waals surface area (Å²) in [6.45, 7) is 2.57. The lowest BCUT2D eigenvalue weighted by atomic mass is 10.1. The maximum atomic E-state index is 12.3. The number of alkyl halides is 3. The van der Waals surface area contributed by atoms with Crippen molar-refractivity contribution in [3.05, 3.63) is 42.0 Å². The van der Waals surface area contributed by atoms with Gasteiger partial charge in [-0.1, -0.05) is 31.1 Å². The molecule has 10 heteroatoms. The minimum atomic E-state index is -4.79. The molecule has 0 aliphatic heterocycles. The van der Waals surface area contributed by atoms with Crippen LogP contribution in [0.5, 0.6) is 17.2 Å². The highest BCUT2D eigenvalue weighted by molar-refractivity contribution is 5.61. The molecule has 0 aromatic heterocycles. The van der Waals surface area contributed by atoms with E-state index in [0.29, 0.717) is 18.1 Å². The summed E-state index contributed by atoms with van der Waals surface area (Å²) in [7, 11) is 1.47. The van der Waals surface area contributed by atoms with Gasteiger partial charge in [0.25, 0.3) is 0 Å². The summed E-state index contributed by atoms with van der Waals surface area (Å²) >= 11 is 0. The summed E-state index contributed by atoms with van der Waals surface area (Å²) in [6.07, 6.45) is -1.85. The van der Waals surface area contributed by atoms with Crippen molar-refractivity contribution in [3.8, 4) is 23.3 Å². The highest BCUT2D eigenvalue weighted by Crippen LogP contribution is 2.35. The maximum Gasteiger partial charge on any atom is 0.573 e. The lowest BCUT2D eigenvalue weighted by molar-refractivity contribution is -0.274. The molecule has 0 saturated heterocycles. The van der Waals surface area contributed by atoms with Gasteiger partial charge in [-0.2, -0.15) is 5.26 Å². The minimum absolute atomic E-state index is 0.201. The molecule has 1 N–H and O–H groups in total. The first-order valence-electron chi connectivity index (χ1n) is 9.13. The largest absolute Gasteiger partial charge is 0.573 e. The van der Waals surface area contributed by atoms with E-state index in [-0.39, 0.29) is 16.9 Å². The lowest BCUT2D eigenvalue weighted by Gasteiger charge is -2.12. The van der Waals surface area contributed by atoms with E-state index in [4.69, 9.17) is 9.47 Å². The zero-order valence-electron chi connectivity index (χ0n) is 16.5. The first-order chi connectivity index (χ1) is 14.4. The van der Waals surface area contributed by atoms with Crippen molar-refractivity contribution in [2.24, 2.45) is 10.3 Å². The molecule has 0 heterocycles. The average Bonchev–Trinajstić information content (AvgIpc) is 2.70. The van der Waals surface area contributed by atoms with Crippen LogP contribution in [0.2, 0.25) is 0 Å². The number of methoxy groups -OCH3 is 1. The normalized spacial score (nSPS) is 11.2. The summed E-state index contributed by atoms with van der Waals surface area (Å²) < 4.78 is 51.8. The molecule has 0 unspecified atom stereocenters. The van der Waals surface area contributed by atoms with Crippen LogP contribution in [0.4, 0.5) is 24.5 Å². The molecule has 0 spiro atoms. The molecule has 2 rings (SSSR count). The molecule has 160 valence electrons. The molecule has 0 atom stereocenters. The van der Waals surface area contributed by atoms with Crippen LogP contribution in [0.15, 0.2) is 46.7 Å². The average molecular weight is 422 g/mol. The third kappa shape index (κ3) is 7.16. The number of unbranched alkanes of at least 4 members (excludes halogenated alkanes) is 2. The van der Waals surface area contributed by atoms with Crippen molar-refractivity contribution in [3.63, 3.8) is 0 Å². The van der Waals surface area contributed by atoms with E-state index in [1.165, 1.54) is 31.4 Å². The third-order valence-electron chi connectivity index (χ3n) is 3.81. The van der Waals surface area contributed by atoms with Crippen LogP contribution in [-0.2, 0) is 0 Å². The lowest BCUT2D eigenvalue weighted by Crippen LogP contribution is -2.17. The molecule has 2 aromatic carbocycles. The molecule has 7 nitrogen and oxygen atoms in total. The number of nitrogens with one attached hydrogen (secondary N) is 1. The summed E-state index contributed by atoms with van der Waals surface area (Å²) in [5, 5.41) is 17.0. The number of ether oxygens (including phenoxy) is 3. The van der Waals surface area contributed by atoms with Crippen LogP contribution >= 0.6 is 0 Å². The number of hydrogen-bond donors (Lipinski definition) is 1. The SMILES string of the molecule is CCCCCOc1cc(N=NNc2cccc(OC(F)(F)F)c2)c(C#N)cc1OC. The van der Waals surface area contributed by atoms with Crippen LogP contribution < -0.4 is 19.6 Å². The summed E-state index contributed by atoms with van der Waals surface area (Å²) in [4.78, 5) is 0. The first kappa shape index (κ1) is 22.8. The molecule has 0 bridgehead atoms. The van der Waals surface area contributed by atoms with Gasteiger partial charge >= 0.3 is 6.36 Å². The first-order valence-corrected chi connectivity index (χ1v) is 9.13. The number of halogens is 3. The molecule has 0 radical (unpaired) electrons. The molecule has 0 fully saturated rings. The second kappa shape index (κ2) is 10.9. The number of hydrogen-bond acceptors (Lipinski definition) is 6. The zero-order valence-corrected chi connectivity index (χ0v) is 16.5. The monoisotopic (exact) mass is 422 g/mol. The molecule has 0 amide bonds. The van der Waals surface area contributed by atoms with Gasteiger partial charge in [-0.25, -0.2) is 0 Å². The van der Waals surface area contributed by atoms with Crippen LogP contribution in [0.1, 0.15) is 31.7 Å². The predicted octanol–water partition coefficient (Wildman–Crippen LogP) is 6.15. The van der Waals surface area contributed by atoms with Crippen LogP contribution in [0.3, 0.4) is 0 Å². The van der Waals surface area contributed by atoms with Gasteiger partial charge < -0.3 is 14.2 Å². The number of nitriles is 1. The Morgan fingerprint density at radius 1 is 1.13 bits per heavy atom. The Kier molecular flexibility index (Phi) is 8.29. The Morgan fingerprint density at radius 2 is 1.93 bits per heavy atom. The van der Waals surface area contributed by atoms with Gasteiger partial charge in [0.15, 0.2) is 11.5 Å². The van der Waals surface area contributed by atoms with Crippen molar-refractivity contribution in [2.45, 2.75) is 32.5 Å². The van der Waals surface area contributed by atoms with E-state index in [0.717, 1.165) is 31.4 Å². The molecule has 0 saturated carbocycles. The quantitative estimate of drug-likeness (QED) is 0.282. The van der Waals surface area contributed by atoms with Crippen molar-refractivity contribution in [1.29, 1.82) is 5.26 Å². The molecular formula is C20H21F3N4O3. The fourth-order valence-corrected chi connectivity index (χ4v) is 2.43. The highest BCUT2D eigenvalue weighted by atomic mass is 19.4. The van der Waals surface area contributed by atoms with E-state index in [1.54, 1.807) is 0 Å². The highest BCUT2D eigenvalue weighted by Gasteiger charge is 2.31. The van der Waals surface area contributed by atoms with Crippen LogP contribution in [0.25, 0.3) is 0 Å². The number of benzene rings is 2. The second-order valence-corrected chi connectivity index (χ2v) is 6.08. The topological polar surface area (TPSA) is 88.2 Å². The van der Waals surface area contributed by atoms with Gasteiger partial charge in [0.2, 0.25) is 0 Å². The third-order valence-corrected chi connectivity index (χ3v) is 3.81. The summed E-state index contributed by atoms with van der Waals surface area (Å²) in [5.74, 6) is 0.418. The second-order valence-electron chi connectivity index (χ2n) is 6.08. The molecule has 0 aliphatic rings. The van der Waals surface area contributed by atoms with Crippen molar-refractivity contribution < 1.29 is 27.4 Å². The van der Waals surface area contributed by atoms with Gasteiger partial charge in [-0.05, 0) is 18.6 Å². The maximum absolute atomic E-state index is 12.3. The molecule has 0 aliphatic carbocycles. The van der Waals surface area contributed by atoms with E-state index in [1.807, 2.05) is 6.07 Å². The van der Waals surface area contributed by atoms with Gasteiger partial charge in [0.1, 0.15) is 17.5 Å². The predicted molar refractivity (Wildman–Crippen MR) is 104 cm³/mol. The Hall–Kier alpha value is -3.48. The standard InChI is InChI=1S/C20H21F3N4O3/c1-3-4-5-9-29-19-12-17(14(13-24)10-18(19)28-2)26-27-25-15-7-6-8-16(11-15)30-20(21,22)23/h6-8,10-12H,3-5,9H2,1-2H3,(H,25,26). The molecule has 2 aromatic rings. The zero-order chi connectivity index (χ0) is 22.0. The number of rotatable bonds is 10. The Bertz CT molecular complexity index is 911. The van der Waals surface area contributed by atoms with E-state index in [9.17, 15) is 18.4 Å². The van der Waals surface area contributed by atoms with Gasteiger partial charge in [0, 0.05) is 18.2 Å². The van der Waals surface area contributed by atoms with Gasteiger partial charge in [-0.3, -0.25) is 5.43 Å². The van der Waals surface area contributed by atoms with Crippen molar-refractivity contribution in [2.75, 3.05) is 19.1 Å². The Morgan fingerprint density at radius 3 is 2.60 bits per heavy atom. The van der Waals surface area contributed by atoms with Crippen molar-refractivity contribution >= 4 is 11.4 Å². The van der Waals surface area contributed by atoms with E-state index < -0.39 is 12.1 Å². The Labute approximate surface area is 172 Å². The fourth-order valence-electron chi connectivity index (χ4n) is 2.43. The summed E-state index contributed by atoms with van der Waals surface area (Å²) in [6, 6.07) is 10.1. The van der Waals surface area contributed by atoms with Crippen LogP contribution in [0, 0.1) is 11.3 Å². The number of nitrogens with zero attached hydrogens (tertiary/aromatic N) is 3. The van der Waals surface area contributed by atoms with Gasteiger partial charge in [-0.15, -0.1) is 18.3 Å².